The van der Waals surface area contributed by atoms with Gasteiger partial charge in [-0.05, 0) is 30.7 Å². The number of benzene rings is 1. The summed E-state index contributed by atoms with van der Waals surface area (Å²) < 4.78 is 50.1. The molecule has 1 fully saturated rings. The molecule has 12 heteroatoms. The van der Waals surface area contributed by atoms with E-state index in [4.69, 9.17) is 19.5 Å². The van der Waals surface area contributed by atoms with Crippen LogP contribution in [0, 0.1) is 5.82 Å². The predicted octanol–water partition coefficient (Wildman–Crippen LogP) is 2.18. The number of aliphatic hydroxyl groups is 1. The molecule has 0 radical (unpaired) electrons. The van der Waals surface area contributed by atoms with Crippen LogP contribution in [0.5, 0.6) is 0 Å². The molecular formula is C20H23F4N3O5. The lowest BCUT2D eigenvalue weighted by Gasteiger charge is -2.34. The van der Waals surface area contributed by atoms with E-state index < -0.39 is 12.1 Å². The second-order valence-electron chi connectivity index (χ2n) is 6.94. The lowest BCUT2D eigenvalue weighted by molar-refractivity contribution is -0.192. The van der Waals surface area contributed by atoms with E-state index in [0.717, 1.165) is 24.2 Å². The molecule has 0 aliphatic carbocycles. The van der Waals surface area contributed by atoms with Crippen LogP contribution in [-0.2, 0) is 16.0 Å². The summed E-state index contributed by atoms with van der Waals surface area (Å²) in [6.45, 7) is 3.76. The number of carboxylic acids is 1. The van der Waals surface area contributed by atoms with Crippen LogP contribution in [0.2, 0.25) is 0 Å². The Morgan fingerprint density at radius 3 is 2.22 bits per heavy atom. The zero-order chi connectivity index (χ0) is 23.7. The molecule has 0 atom stereocenters. The van der Waals surface area contributed by atoms with Gasteiger partial charge < -0.3 is 19.6 Å². The first kappa shape index (κ1) is 25.3. The average molecular weight is 461 g/mol. The van der Waals surface area contributed by atoms with E-state index in [-0.39, 0.29) is 18.3 Å². The first-order chi connectivity index (χ1) is 15.1. The van der Waals surface area contributed by atoms with Crippen molar-refractivity contribution in [2.45, 2.75) is 19.0 Å². The predicted molar refractivity (Wildman–Crippen MR) is 104 cm³/mol. The number of carbonyl (C=O) groups is 2. The molecule has 32 heavy (non-hydrogen) atoms. The van der Waals surface area contributed by atoms with Gasteiger partial charge in [-0.2, -0.15) is 13.2 Å². The second kappa shape index (κ2) is 11.6. The van der Waals surface area contributed by atoms with Gasteiger partial charge in [-0.1, -0.05) is 5.16 Å². The van der Waals surface area contributed by atoms with E-state index in [1.54, 1.807) is 18.3 Å². The van der Waals surface area contributed by atoms with E-state index in [0.29, 0.717) is 38.2 Å². The molecule has 176 valence electrons. The van der Waals surface area contributed by atoms with Gasteiger partial charge in [0.1, 0.15) is 5.82 Å². The molecule has 2 N–H and O–H groups in total. The van der Waals surface area contributed by atoms with Crippen LogP contribution < -0.4 is 0 Å². The number of aryl methyl sites for hydroxylation is 1. The first-order valence-electron chi connectivity index (χ1n) is 9.72. The fourth-order valence-electron chi connectivity index (χ4n) is 3.04. The van der Waals surface area contributed by atoms with Crippen LogP contribution in [0.3, 0.4) is 0 Å². The molecule has 0 unspecified atom stereocenters. The van der Waals surface area contributed by atoms with Crippen molar-refractivity contribution in [3.63, 3.8) is 0 Å². The van der Waals surface area contributed by atoms with Crippen LogP contribution in [0.15, 0.2) is 35.0 Å². The Hall–Kier alpha value is -2.99. The van der Waals surface area contributed by atoms with Gasteiger partial charge in [0.15, 0.2) is 5.76 Å². The Labute approximate surface area is 181 Å². The van der Waals surface area contributed by atoms with Crippen molar-refractivity contribution in [1.29, 1.82) is 0 Å². The number of amides is 1. The summed E-state index contributed by atoms with van der Waals surface area (Å²) >= 11 is 0. The van der Waals surface area contributed by atoms with Gasteiger partial charge in [0.05, 0.1) is 12.8 Å². The lowest BCUT2D eigenvalue weighted by atomic mass is 10.0. The largest absolute Gasteiger partial charge is 0.490 e. The van der Waals surface area contributed by atoms with Crippen molar-refractivity contribution in [2.24, 2.45) is 0 Å². The van der Waals surface area contributed by atoms with Crippen LogP contribution >= 0.6 is 0 Å². The Morgan fingerprint density at radius 2 is 1.69 bits per heavy atom. The summed E-state index contributed by atoms with van der Waals surface area (Å²) in [6.07, 6.45) is -2.55. The third kappa shape index (κ3) is 7.61. The number of nitrogens with zero attached hydrogens (tertiary/aromatic N) is 3. The van der Waals surface area contributed by atoms with Crippen molar-refractivity contribution >= 4 is 11.9 Å². The van der Waals surface area contributed by atoms with Crippen LogP contribution in [0.4, 0.5) is 17.6 Å². The van der Waals surface area contributed by atoms with Crippen LogP contribution in [-0.4, -0.2) is 82.6 Å². The molecule has 1 saturated heterocycles. The number of carbonyl (C=O) groups excluding carboxylic acids is 1. The molecule has 1 amide bonds. The highest BCUT2D eigenvalue weighted by Crippen LogP contribution is 2.25. The third-order valence-corrected chi connectivity index (χ3v) is 4.74. The van der Waals surface area contributed by atoms with Gasteiger partial charge in [0.2, 0.25) is 5.91 Å². The molecule has 1 aromatic carbocycles. The smallest absolute Gasteiger partial charge is 0.475 e. The van der Waals surface area contributed by atoms with Crippen LogP contribution in [0.1, 0.15) is 12.0 Å². The van der Waals surface area contributed by atoms with Crippen LogP contribution in [0.25, 0.3) is 11.3 Å². The van der Waals surface area contributed by atoms with Gasteiger partial charge in [0, 0.05) is 50.3 Å². The SMILES string of the molecule is O=C(CCc1cnoc1-c1ccc(F)cc1)N1CCN(CCO)CC1.O=C(O)C(F)(F)F. The third-order valence-electron chi connectivity index (χ3n) is 4.74. The number of aromatic nitrogens is 1. The monoisotopic (exact) mass is 461 g/mol. The molecule has 0 spiro atoms. The average Bonchev–Trinajstić information content (AvgIpc) is 3.22. The number of hydrogen-bond donors (Lipinski definition) is 2. The number of piperazine rings is 1. The Bertz CT molecular complexity index is 878. The molecule has 1 aliphatic rings. The molecule has 8 nitrogen and oxygen atoms in total. The fourth-order valence-corrected chi connectivity index (χ4v) is 3.04. The summed E-state index contributed by atoms with van der Waals surface area (Å²) in [6, 6.07) is 6.03. The molecule has 2 heterocycles. The Morgan fingerprint density at radius 1 is 1.09 bits per heavy atom. The highest BCUT2D eigenvalue weighted by atomic mass is 19.4. The van der Waals surface area contributed by atoms with Crippen molar-refractivity contribution in [3.8, 4) is 11.3 Å². The highest BCUT2D eigenvalue weighted by Gasteiger charge is 2.38. The second-order valence-corrected chi connectivity index (χ2v) is 6.94. The molecule has 2 aromatic rings. The van der Waals surface area contributed by atoms with Gasteiger partial charge in [0.25, 0.3) is 0 Å². The first-order valence-corrected chi connectivity index (χ1v) is 9.72. The minimum atomic E-state index is -5.08. The summed E-state index contributed by atoms with van der Waals surface area (Å²) in [5.41, 5.74) is 1.60. The summed E-state index contributed by atoms with van der Waals surface area (Å²) in [4.78, 5) is 25.3. The standard InChI is InChI=1S/C18H22FN3O3.C2HF3O2/c19-16-4-1-14(2-5-16)18-15(13-20-25-18)3-6-17(24)22-9-7-21(8-10-22)11-12-23;3-2(4,5)1(6)7/h1-2,4-5,13,23H,3,6-12H2;(H,6,7). The van der Waals surface area contributed by atoms with Crippen molar-refractivity contribution in [2.75, 3.05) is 39.3 Å². The number of alkyl halides is 3. The van der Waals surface area contributed by atoms with Gasteiger partial charge >= 0.3 is 12.1 Å². The number of halogens is 4. The summed E-state index contributed by atoms with van der Waals surface area (Å²) in [5.74, 6) is -2.37. The molecule has 1 aliphatic heterocycles. The number of rotatable bonds is 6. The van der Waals surface area contributed by atoms with Gasteiger partial charge in [-0.15, -0.1) is 0 Å². The summed E-state index contributed by atoms with van der Waals surface area (Å²) in [7, 11) is 0. The van der Waals surface area contributed by atoms with E-state index in [1.165, 1.54) is 12.1 Å². The maximum Gasteiger partial charge on any atom is 0.490 e. The van der Waals surface area contributed by atoms with E-state index in [2.05, 4.69) is 10.1 Å². The van der Waals surface area contributed by atoms with Gasteiger partial charge in [-0.25, -0.2) is 9.18 Å². The van der Waals surface area contributed by atoms with Crippen molar-refractivity contribution in [3.05, 3.63) is 41.8 Å². The maximum absolute atomic E-state index is 13.1. The molecular weight excluding hydrogens is 438 g/mol. The highest BCUT2D eigenvalue weighted by molar-refractivity contribution is 5.77. The molecule has 1 aromatic heterocycles. The van der Waals surface area contributed by atoms with E-state index in [1.807, 2.05) is 4.90 Å². The number of aliphatic hydroxyl groups excluding tert-OH is 1. The Kier molecular flexibility index (Phi) is 9.14. The molecule has 0 saturated carbocycles. The molecule has 3 rings (SSSR count). The fraction of sp³-hybridized carbons (Fsp3) is 0.450. The number of aliphatic carboxylic acids is 1. The normalized spacial score (nSPS) is 14.6. The zero-order valence-electron chi connectivity index (χ0n) is 17.0. The lowest BCUT2D eigenvalue weighted by Crippen LogP contribution is -2.49. The van der Waals surface area contributed by atoms with Crippen molar-refractivity contribution < 1.29 is 41.9 Å². The minimum absolute atomic E-state index is 0.106. The topological polar surface area (TPSA) is 107 Å². The van der Waals surface area contributed by atoms with E-state index in [9.17, 15) is 22.4 Å². The number of carboxylic acid groups (broad SMARTS) is 1. The Balaban J connectivity index is 0.000000451. The number of hydrogen-bond acceptors (Lipinski definition) is 6. The van der Waals surface area contributed by atoms with E-state index >= 15 is 0 Å². The molecule has 0 bridgehead atoms. The zero-order valence-corrected chi connectivity index (χ0v) is 17.0. The minimum Gasteiger partial charge on any atom is -0.475 e. The quantitative estimate of drug-likeness (QED) is 0.635. The van der Waals surface area contributed by atoms with Gasteiger partial charge in [-0.3, -0.25) is 9.69 Å². The van der Waals surface area contributed by atoms with Crippen molar-refractivity contribution in [1.82, 2.24) is 15.0 Å². The summed E-state index contributed by atoms with van der Waals surface area (Å²) in [5, 5.41) is 19.9. The maximum atomic E-state index is 13.1. The number of β-amino-alcohol motifs (C(OH)–C–C–N with tert-alkyl or cyclic N) is 1.